The third-order valence-corrected chi connectivity index (χ3v) is 5.35. The SMILES string of the molecule is O=c1cc(C=Cc2ccc(Cl)cn2)ccn1-c1ccc(OCCN2CCCC2)cc1. The summed E-state index contributed by atoms with van der Waals surface area (Å²) in [5.41, 5.74) is 2.31. The lowest BCUT2D eigenvalue weighted by atomic mass is 10.2. The van der Waals surface area contributed by atoms with E-state index < -0.39 is 0 Å². The average Bonchev–Trinajstić information content (AvgIpc) is 3.28. The lowest BCUT2D eigenvalue weighted by molar-refractivity contribution is 0.238. The van der Waals surface area contributed by atoms with Gasteiger partial charge in [0, 0.05) is 30.7 Å². The predicted molar refractivity (Wildman–Crippen MR) is 121 cm³/mol. The molecule has 1 saturated heterocycles. The van der Waals surface area contributed by atoms with E-state index in [4.69, 9.17) is 16.3 Å². The Morgan fingerprint density at radius 2 is 1.83 bits per heavy atom. The van der Waals surface area contributed by atoms with Crippen molar-refractivity contribution in [1.82, 2.24) is 14.5 Å². The zero-order valence-corrected chi connectivity index (χ0v) is 17.5. The fourth-order valence-electron chi connectivity index (χ4n) is 3.48. The van der Waals surface area contributed by atoms with Crippen LogP contribution in [-0.2, 0) is 0 Å². The molecule has 0 spiro atoms. The quantitative estimate of drug-likeness (QED) is 0.562. The second-order valence-electron chi connectivity index (χ2n) is 7.29. The summed E-state index contributed by atoms with van der Waals surface area (Å²) in [5.74, 6) is 0.820. The molecule has 0 N–H and O–H groups in total. The molecule has 0 bridgehead atoms. The van der Waals surface area contributed by atoms with Crippen LogP contribution in [0.3, 0.4) is 0 Å². The first-order valence-corrected chi connectivity index (χ1v) is 10.5. The van der Waals surface area contributed by atoms with Crippen molar-refractivity contribution in [2.45, 2.75) is 12.8 Å². The number of ether oxygens (including phenoxy) is 1. The maximum absolute atomic E-state index is 12.6. The molecule has 0 atom stereocenters. The largest absolute Gasteiger partial charge is 0.492 e. The van der Waals surface area contributed by atoms with Gasteiger partial charge in [0.15, 0.2) is 0 Å². The van der Waals surface area contributed by atoms with Gasteiger partial charge in [0.25, 0.3) is 5.56 Å². The van der Waals surface area contributed by atoms with Crippen LogP contribution >= 0.6 is 11.6 Å². The summed E-state index contributed by atoms with van der Waals surface area (Å²) < 4.78 is 7.45. The Balaban J connectivity index is 1.38. The molecule has 0 amide bonds. The average molecular weight is 422 g/mol. The van der Waals surface area contributed by atoms with Gasteiger partial charge in [-0.1, -0.05) is 17.7 Å². The van der Waals surface area contributed by atoms with Crippen molar-refractivity contribution >= 4 is 23.8 Å². The van der Waals surface area contributed by atoms with Gasteiger partial charge in [-0.05, 0) is 80.0 Å². The Morgan fingerprint density at radius 3 is 2.53 bits per heavy atom. The summed E-state index contributed by atoms with van der Waals surface area (Å²) in [6.07, 6.45) is 9.66. The van der Waals surface area contributed by atoms with Crippen molar-refractivity contribution in [2.75, 3.05) is 26.2 Å². The van der Waals surface area contributed by atoms with E-state index in [9.17, 15) is 4.79 Å². The number of likely N-dealkylation sites (tertiary alicyclic amines) is 1. The highest BCUT2D eigenvalue weighted by atomic mass is 35.5. The van der Waals surface area contributed by atoms with Crippen LogP contribution in [0.25, 0.3) is 17.8 Å². The number of rotatable bonds is 7. The third kappa shape index (κ3) is 5.38. The lowest BCUT2D eigenvalue weighted by Crippen LogP contribution is -2.25. The summed E-state index contributed by atoms with van der Waals surface area (Å²) >= 11 is 5.85. The summed E-state index contributed by atoms with van der Waals surface area (Å²) in [6.45, 7) is 3.99. The van der Waals surface area contributed by atoms with Crippen LogP contribution < -0.4 is 10.3 Å². The molecular weight excluding hydrogens is 398 g/mol. The molecule has 0 unspecified atom stereocenters. The number of hydrogen-bond acceptors (Lipinski definition) is 4. The monoisotopic (exact) mass is 421 g/mol. The minimum absolute atomic E-state index is 0.0936. The minimum Gasteiger partial charge on any atom is -0.492 e. The molecule has 6 heteroatoms. The summed E-state index contributed by atoms with van der Waals surface area (Å²) in [6, 6.07) is 14.7. The van der Waals surface area contributed by atoms with E-state index in [1.807, 2.05) is 48.6 Å². The molecule has 0 saturated carbocycles. The van der Waals surface area contributed by atoms with Gasteiger partial charge in [-0.2, -0.15) is 0 Å². The normalized spacial score (nSPS) is 14.4. The maximum Gasteiger partial charge on any atom is 0.255 e. The first-order chi connectivity index (χ1) is 14.7. The molecule has 5 nitrogen and oxygen atoms in total. The molecule has 3 heterocycles. The Kier molecular flexibility index (Phi) is 6.62. The summed E-state index contributed by atoms with van der Waals surface area (Å²) in [7, 11) is 0. The van der Waals surface area contributed by atoms with Crippen LogP contribution in [0.5, 0.6) is 5.75 Å². The van der Waals surface area contributed by atoms with Crippen LogP contribution in [0.2, 0.25) is 5.02 Å². The molecule has 3 aromatic rings. The van der Waals surface area contributed by atoms with Gasteiger partial charge >= 0.3 is 0 Å². The van der Waals surface area contributed by atoms with Gasteiger partial charge < -0.3 is 4.74 Å². The standard InChI is InChI=1S/C24H24ClN3O2/c25-20-4-6-21(26-18-20)5-3-19-11-14-28(24(29)17-19)22-7-9-23(10-8-22)30-16-15-27-12-1-2-13-27/h3-11,14,17-18H,1-2,12-13,15-16H2. The topological polar surface area (TPSA) is 47.4 Å². The molecular formula is C24H24ClN3O2. The van der Waals surface area contributed by atoms with Crippen LogP contribution in [0.1, 0.15) is 24.1 Å². The highest BCUT2D eigenvalue weighted by Crippen LogP contribution is 2.16. The minimum atomic E-state index is -0.0936. The number of halogens is 1. The Hall–Kier alpha value is -2.89. The summed E-state index contributed by atoms with van der Waals surface area (Å²) in [4.78, 5) is 19.2. The van der Waals surface area contributed by atoms with Crippen LogP contribution in [0.15, 0.2) is 65.7 Å². The van der Waals surface area contributed by atoms with E-state index in [-0.39, 0.29) is 5.56 Å². The molecule has 1 aromatic carbocycles. The van der Waals surface area contributed by atoms with Gasteiger partial charge in [-0.3, -0.25) is 19.2 Å². The number of benzene rings is 1. The van der Waals surface area contributed by atoms with E-state index in [0.717, 1.165) is 29.2 Å². The van der Waals surface area contributed by atoms with Gasteiger partial charge in [0.2, 0.25) is 0 Å². The fourth-order valence-corrected chi connectivity index (χ4v) is 3.59. The molecule has 30 heavy (non-hydrogen) atoms. The second-order valence-corrected chi connectivity index (χ2v) is 7.73. The van der Waals surface area contributed by atoms with Crippen LogP contribution in [0, 0.1) is 0 Å². The first kappa shape index (κ1) is 20.4. The molecule has 1 fully saturated rings. The predicted octanol–water partition coefficient (Wildman–Crippen LogP) is 4.53. The Labute approximate surface area is 181 Å². The summed E-state index contributed by atoms with van der Waals surface area (Å²) in [5, 5.41) is 0.595. The maximum atomic E-state index is 12.6. The number of pyridine rings is 2. The molecule has 1 aliphatic heterocycles. The fraction of sp³-hybridized carbons (Fsp3) is 0.250. The van der Waals surface area contributed by atoms with E-state index in [1.165, 1.54) is 25.9 Å². The van der Waals surface area contributed by atoms with Crippen molar-refractivity contribution < 1.29 is 4.74 Å². The van der Waals surface area contributed by atoms with Crippen LogP contribution in [0.4, 0.5) is 0 Å². The van der Waals surface area contributed by atoms with Crippen molar-refractivity contribution in [3.05, 3.63) is 87.6 Å². The van der Waals surface area contributed by atoms with Gasteiger partial charge in [0.05, 0.1) is 10.7 Å². The van der Waals surface area contributed by atoms with Gasteiger partial charge in [-0.25, -0.2) is 0 Å². The Bertz CT molecular complexity index is 1050. The molecule has 0 aliphatic carbocycles. The zero-order chi connectivity index (χ0) is 20.8. The third-order valence-electron chi connectivity index (χ3n) is 5.13. The highest BCUT2D eigenvalue weighted by Gasteiger charge is 2.10. The van der Waals surface area contributed by atoms with E-state index in [0.29, 0.717) is 11.6 Å². The number of nitrogens with zero attached hydrogens (tertiary/aromatic N) is 3. The lowest BCUT2D eigenvalue weighted by Gasteiger charge is -2.15. The van der Waals surface area contributed by atoms with Gasteiger partial charge in [0.1, 0.15) is 12.4 Å². The molecule has 154 valence electrons. The van der Waals surface area contributed by atoms with Gasteiger partial charge in [-0.15, -0.1) is 0 Å². The molecule has 4 rings (SSSR count). The van der Waals surface area contributed by atoms with Crippen LogP contribution in [-0.4, -0.2) is 40.7 Å². The first-order valence-electron chi connectivity index (χ1n) is 10.2. The van der Waals surface area contributed by atoms with E-state index >= 15 is 0 Å². The van der Waals surface area contributed by atoms with Crippen molar-refractivity contribution in [3.63, 3.8) is 0 Å². The Morgan fingerprint density at radius 1 is 1.03 bits per heavy atom. The van der Waals surface area contributed by atoms with Crippen molar-refractivity contribution in [1.29, 1.82) is 0 Å². The highest BCUT2D eigenvalue weighted by molar-refractivity contribution is 6.30. The van der Waals surface area contributed by atoms with E-state index in [2.05, 4.69) is 9.88 Å². The molecule has 1 aliphatic rings. The molecule has 2 aromatic heterocycles. The second kappa shape index (κ2) is 9.74. The van der Waals surface area contributed by atoms with Crippen molar-refractivity contribution in [2.24, 2.45) is 0 Å². The number of aromatic nitrogens is 2. The van der Waals surface area contributed by atoms with E-state index in [1.54, 1.807) is 29.1 Å². The van der Waals surface area contributed by atoms with Crippen molar-refractivity contribution in [3.8, 4) is 11.4 Å². The number of hydrogen-bond donors (Lipinski definition) is 0. The zero-order valence-electron chi connectivity index (χ0n) is 16.7. The smallest absolute Gasteiger partial charge is 0.255 e. The molecule has 0 radical (unpaired) electrons.